The lowest BCUT2D eigenvalue weighted by Gasteiger charge is -2.24. The number of benzene rings is 3. The summed E-state index contributed by atoms with van der Waals surface area (Å²) in [5, 5.41) is 45.8. The molecular formula is C30H34N4O8. The predicted octanol–water partition coefficient (Wildman–Crippen LogP) is -0.0157. The van der Waals surface area contributed by atoms with E-state index in [1.165, 1.54) is 36.4 Å². The summed E-state index contributed by atoms with van der Waals surface area (Å²) < 4.78 is 0. The molecule has 4 atom stereocenters. The third-order valence-electron chi connectivity index (χ3n) is 6.45. The van der Waals surface area contributed by atoms with Gasteiger partial charge in [0, 0.05) is 12.8 Å². The van der Waals surface area contributed by atoms with Gasteiger partial charge in [-0.15, -0.1) is 0 Å². The normalized spacial score (nSPS) is 13.7. The van der Waals surface area contributed by atoms with Gasteiger partial charge in [0.1, 0.15) is 29.6 Å². The van der Waals surface area contributed by atoms with Crippen LogP contribution in [-0.4, -0.2) is 74.9 Å². The Hall–Kier alpha value is -4.94. The number of hydrogen-bond acceptors (Lipinski definition) is 8. The Labute approximate surface area is 242 Å². The van der Waals surface area contributed by atoms with E-state index in [2.05, 4.69) is 16.0 Å². The number of rotatable bonds is 14. The number of carbonyl (C=O) groups excluding carboxylic acids is 3. The number of carbonyl (C=O) groups is 4. The zero-order valence-corrected chi connectivity index (χ0v) is 22.6. The SMILES string of the molecule is NC(Cc1ccc(O)cc1)C(=O)NC(CO)C(=O)NC(Cc1ccccc1)C(=O)NC(Cc1ccc(O)cc1)C(=O)O. The molecule has 12 heteroatoms. The van der Waals surface area contributed by atoms with E-state index in [0.29, 0.717) is 16.7 Å². The van der Waals surface area contributed by atoms with Gasteiger partial charge >= 0.3 is 5.97 Å². The molecule has 3 aromatic carbocycles. The molecule has 42 heavy (non-hydrogen) atoms. The van der Waals surface area contributed by atoms with Crippen LogP contribution in [0.15, 0.2) is 78.9 Å². The molecular weight excluding hydrogens is 544 g/mol. The van der Waals surface area contributed by atoms with E-state index in [1.807, 2.05) is 0 Å². The number of carboxylic acids is 1. The Morgan fingerprint density at radius 1 is 0.595 bits per heavy atom. The molecule has 3 aromatic rings. The lowest BCUT2D eigenvalue weighted by Crippen LogP contribution is -2.58. The number of aliphatic carboxylic acids is 1. The lowest BCUT2D eigenvalue weighted by atomic mass is 10.0. The maximum atomic E-state index is 13.3. The van der Waals surface area contributed by atoms with Gasteiger partial charge in [0.15, 0.2) is 0 Å². The standard InChI is InChI=1S/C30H34N4O8/c31-23(14-19-6-10-21(36)11-7-19)27(38)34-26(17-35)29(40)32-24(15-18-4-2-1-3-5-18)28(39)33-25(30(41)42)16-20-8-12-22(37)13-9-20/h1-13,23-26,35-37H,14-17,31H2,(H,32,40)(H,33,39)(H,34,38)(H,41,42). The van der Waals surface area contributed by atoms with Crippen LogP contribution in [0.4, 0.5) is 0 Å². The quantitative estimate of drug-likeness (QED) is 0.129. The molecule has 0 aliphatic heterocycles. The molecule has 0 aliphatic rings. The Morgan fingerprint density at radius 3 is 1.55 bits per heavy atom. The average molecular weight is 579 g/mol. The zero-order valence-electron chi connectivity index (χ0n) is 22.6. The fourth-order valence-electron chi connectivity index (χ4n) is 4.12. The van der Waals surface area contributed by atoms with E-state index in [0.717, 1.165) is 0 Å². The van der Waals surface area contributed by atoms with E-state index in [1.54, 1.807) is 42.5 Å². The Morgan fingerprint density at radius 2 is 1.02 bits per heavy atom. The zero-order chi connectivity index (χ0) is 30.6. The van der Waals surface area contributed by atoms with Crippen LogP contribution in [0.2, 0.25) is 0 Å². The molecule has 9 N–H and O–H groups in total. The first kappa shape index (κ1) is 31.6. The molecule has 0 radical (unpaired) electrons. The number of carboxylic acid groups (broad SMARTS) is 1. The summed E-state index contributed by atoms with van der Waals surface area (Å²) in [6.45, 7) is -0.790. The first-order valence-electron chi connectivity index (χ1n) is 13.2. The summed E-state index contributed by atoms with van der Waals surface area (Å²) >= 11 is 0. The highest BCUT2D eigenvalue weighted by molar-refractivity contribution is 5.94. The van der Waals surface area contributed by atoms with Gasteiger partial charge in [0.2, 0.25) is 17.7 Å². The molecule has 0 saturated carbocycles. The summed E-state index contributed by atoms with van der Waals surface area (Å²) in [6.07, 6.45) is 0.0144. The summed E-state index contributed by atoms with van der Waals surface area (Å²) in [7, 11) is 0. The predicted molar refractivity (Wildman–Crippen MR) is 152 cm³/mol. The van der Waals surface area contributed by atoms with Crippen molar-refractivity contribution in [2.75, 3.05) is 6.61 Å². The van der Waals surface area contributed by atoms with E-state index in [-0.39, 0.29) is 30.8 Å². The van der Waals surface area contributed by atoms with Crippen LogP contribution in [0.1, 0.15) is 16.7 Å². The molecule has 222 valence electrons. The minimum Gasteiger partial charge on any atom is -0.508 e. The average Bonchev–Trinajstić information content (AvgIpc) is 2.97. The van der Waals surface area contributed by atoms with Gasteiger partial charge < -0.3 is 42.1 Å². The largest absolute Gasteiger partial charge is 0.508 e. The van der Waals surface area contributed by atoms with Crippen molar-refractivity contribution in [2.24, 2.45) is 5.73 Å². The summed E-state index contributed by atoms with van der Waals surface area (Å²) in [6, 6.07) is 15.5. The molecule has 0 spiro atoms. The van der Waals surface area contributed by atoms with E-state index >= 15 is 0 Å². The molecule has 0 aliphatic carbocycles. The number of aromatic hydroxyl groups is 2. The second-order valence-corrected chi connectivity index (χ2v) is 9.74. The number of aliphatic hydroxyl groups is 1. The van der Waals surface area contributed by atoms with Crippen molar-refractivity contribution in [1.29, 1.82) is 0 Å². The van der Waals surface area contributed by atoms with Gasteiger partial charge in [0.05, 0.1) is 12.6 Å². The Balaban J connectivity index is 1.70. The van der Waals surface area contributed by atoms with Gasteiger partial charge in [0.25, 0.3) is 0 Å². The molecule has 3 rings (SSSR count). The summed E-state index contributed by atoms with van der Waals surface area (Å²) in [4.78, 5) is 51.0. The van der Waals surface area contributed by atoms with Crippen LogP contribution in [0.25, 0.3) is 0 Å². The van der Waals surface area contributed by atoms with Gasteiger partial charge in [-0.25, -0.2) is 4.79 Å². The van der Waals surface area contributed by atoms with E-state index in [4.69, 9.17) is 5.73 Å². The minimum atomic E-state index is -1.44. The monoisotopic (exact) mass is 578 g/mol. The highest BCUT2D eigenvalue weighted by atomic mass is 16.4. The van der Waals surface area contributed by atoms with Crippen molar-refractivity contribution >= 4 is 23.7 Å². The molecule has 12 nitrogen and oxygen atoms in total. The maximum Gasteiger partial charge on any atom is 0.326 e. The van der Waals surface area contributed by atoms with Crippen molar-refractivity contribution < 1.29 is 39.6 Å². The van der Waals surface area contributed by atoms with Gasteiger partial charge in [-0.05, 0) is 47.4 Å². The smallest absolute Gasteiger partial charge is 0.326 e. The first-order chi connectivity index (χ1) is 20.0. The van der Waals surface area contributed by atoms with Crippen LogP contribution in [-0.2, 0) is 38.4 Å². The summed E-state index contributed by atoms with van der Waals surface area (Å²) in [5.74, 6) is -3.62. The Bertz CT molecular complexity index is 1350. The third-order valence-corrected chi connectivity index (χ3v) is 6.45. The van der Waals surface area contributed by atoms with Gasteiger partial charge in [-0.3, -0.25) is 14.4 Å². The fraction of sp³-hybridized carbons (Fsp3) is 0.267. The molecule has 3 amide bonds. The number of nitrogens with one attached hydrogen (secondary N) is 3. The van der Waals surface area contributed by atoms with Crippen molar-refractivity contribution in [1.82, 2.24) is 16.0 Å². The molecule has 4 unspecified atom stereocenters. The molecule has 0 fully saturated rings. The van der Waals surface area contributed by atoms with Crippen molar-refractivity contribution in [3.63, 3.8) is 0 Å². The highest BCUT2D eigenvalue weighted by Gasteiger charge is 2.30. The van der Waals surface area contributed by atoms with Crippen LogP contribution < -0.4 is 21.7 Å². The van der Waals surface area contributed by atoms with E-state index < -0.39 is 54.5 Å². The molecule has 0 aromatic heterocycles. The van der Waals surface area contributed by atoms with Crippen LogP contribution >= 0.6 is 0 Å². The number of amides is 3. The second kappa shape index (κ2) is 15.2. The van der Waals surface area contributed by atoms with Crippen molar-refractivity contribution in [2.45, 2.75) is 43.4 Å². The number of hydrogen-bond donors (Lipinski definition) is 8. The number of nitrogens with two attached hydrogens (primary N) is 1. The molecule has 0 saturated heterocycles. The number of phenols is 2. The second-order valence-electron chi connectivity index (χ2n) is 9.74. The summed E-state index contributed by atoms with van der Waals surface area (Å²) in [5.41, 5.74) is 7.86. The van der Waals surface area contributed by atoms with Crippen LogP contribution in [0.3, 0.4) is 0 Å². The topological polar surface area (TPSA) is 211 Å². The van der Waals surface area contributed by atoms with Crippen LogP contribution in [0.5, 0.6) is 11.5 Å². The van der Waals surface area contributed by atoms with Gasteiger partial charge in [-0.2, -0.15) is 0 Å². The van der Waals surface area contributed by atoms with Gasteiger partial charge in [-0.1, -0.05) is 54.6 Å². The lowest BCUT2D eigenvalue weighted by molar-refractivity contribution is -0.142. The Kier molecular flexibility index (Phi) is 11.4. The van der Waals surface area contributed by atoms with E-state index in [9.17, 15) is 39.6 Å². The molecule has 0 bridgehead atoms. The van der Waals surface area contributed by atoms with Crippen molar-refractivity contribution in [3.8, 4) is 11.5 Å². The first-order valence-corrected chi connectivity index (χ1v) is 13.2. The van der Waals surface area contributed by atoms with Crippen molar-refractivity contribution in [3.05, 3.63) is 95.6 Å². The fourth-order valence-corrected chi connectivity index (χ4v) is 4.12. The molecule has 0 heterocycles. The third kappa shape index (κ3) is 9.61. The number of aliphatic hydroxyl groups excluding tert-OH is 1. The maximum absolute atomic E-state index is 13.3. The number of phenolic OH excluding ortho intramolecular Hbond substituents is 2. The highest BCUT2D eigenvalue weighted by Crippen LogP contribution is 2.13. The minimum absolute atomic E-state index is 0.00355. The van der Waals surface area contributed by atoms with Crippen LogP contribution in [0, 0.1) is 0 Å².